The Balaban J connectivity index is 2.30. The molecule has 0 saturated carbocycles. The smallest absolute Gasteiger partial charge is 0.278 e. The Kier molecular flexibility index (Phi) is 4.27. The molecule has 1 heterocycles. The fourth-order valence-corrected chi connectivity index (χ4v) is 1.82. The summed E-state index contributed by atoms with van der Waals surface area (Å²) < 4.78 is 0. The van der Waals surface area contributed by atoms with Crippen LogP contribution in [-0.2, 0) is 0 Å². The van der Waals surface area contributed by atoms with Crippen LogP contribution in [0, 0.1) is 5.92 Å². The first-order valence-corrected chi connectivity index (χ1v) is 6.51. The Hall–Kier alpha value is -2.76. The normalized spacial score (nSPS) is 10.4. The molecule has 6 nitrogen and oxygen atoms in total. The van der Waals surface area contributed by atoms with Crippen molar-refractivity contribution in [2.24, 2.45) is 5.92 Å². The minimum atomic E-state index is -0.496. The van der Waals surface area contributed by atoms with E-state index in [2.05, 4.69) is 15.3 Å². The van der Waals surface area contributed by atoms with Gasteiger partial charge >= 0.3 is 0 Å². The van der Waals surface area contributed by atoms with Gasteiger partial charge in [-0.2, -0.15) is 0 Å². The van der Waals surface area contributed by atoms with Gasteiger partial charge in [-0.3, -0.25) is 9.59 Å². The summed E-state index contributed by atoms with van der Waals surface area (Å²) in [5.41, 5.74) is 6.55. The van der Waals surface area contributed by atoms with Gasteiger partial charge in [0.05, 0.1) is 5.69 Å². The van der Waals surface area contributed by atoms with Gasteiger partial charge < -0.3 is 11.1 Å². The average molecular weight is 284 g/mol. The van der Waals surface area contributed by atoms with Gasteiger partial charge in [0, 0.05) is 23.9 Å². The summed E-state index contributed by atoms with van der Waals surface area (Å²) >= 11 is 0. The molecular formula is C15H16N4O2. The summed E-state index contributed by atoms with van der Waals surface area (Å²) in [7, 11) is 0. The van der Waals surface area contributed by atoms with Gasteiger partial charge in [-0.1, -0.05) is 26.0 Å². The van der Waals surface area contributed by atoms with Crippen molar-refractivity contribution < 1.29 is 9.59 Å². The summed E-state index contributed by atoms with van der Waals surface area (Å²) in [4.78, 5) is 32.0. The quantitative estimate of drug-likeness (QED) is 0.838. The van der Waals surface area contributed by atoms with E-state index in [4.69, 9.17) is 5.73 Å². The number of benzene rings is 1. The number of para-hydroxylation sites is 1. The van der Waals surface area contributed by atoms with E-state index in [1.165, 1.54) is 12.4 Å². The molecule has 0 aliphatic rings. The predicted octanol–water partition coefficient (Wildman–Crippen LogP) is 2.15. The highest BCUT2D eigenvalue weighted by atomic mass is 16.2. The number of ketones is 1. The van der Waals surface area contributed by atoms with Gasteiger partial charge in [-0.15, -0.1) is 0 Å². The molecule has 1 amide bonds. The third kappa shape index (κ3) is 3.22. The van der Waals surface area contributed by atoms with Crippen molar-refractivity contribution in [3.8, 4) is 0 Å². The number of nitrogens with zero attached hydrogens (tertiary/aromatic N) is 2. The molecule has 6 heteroatoms. The Bertz CT molecular complexity index is 683. The lowest BCUT2D eigenvalue weighted by Crippen LogP contribution is -2.19. The molecule has 0 aliphatic carbocycles. The van der Waals surface area contributed by atoms with Crippen molar-refractivity contribution in [2.45, 2.75) is 13.8 Å². The number of amides is 1. The van der Waals surface area contributed by atoms with Crippen LogP contribution in [0.15, 0.2) is 36.7 Å². The van der Waals surface area contributed by atoms with E-state index in [9.17, 15) is 9.59 Å². The molecule has 3 N–H and O–H groups in total. The van der Waals surface area contributed by atoms with Crippen molar-refractivity contribution in [2.75, 3.05) is 11.1 Å². The lowest BCUT2D eigenvalue weighted by atomic mass is 9.99. The highest BCUT2D eigenvalue weighted by molar-refractivity contribution is 6.10. The highest BCUT2D eigenvalue weighted by Gasteiger charge is 2.18. The molecule has 0 saturated heterocycles. The summed E-state index contributed by atoms with van der Waals surface area (Å²) in [5.74, 6) is -0.657. The molecule has 0 unspecified atom stereocenters. The van der Waals surface area contributed by atoms with Gasteiger partial charge in [0.1, 0.15) is 0 Å². The van der Waals surface area contributed by atoms with Crippen LogP contribution in [0.5, 0.6) is 0 Å². The van der Waals surface area contributed by atoms with Gasteiger partial charge in [0.25, 0.3) is 5.91 Å². The van der Waals surface area contributed by atoms with Gasteiger partial charge in [0.2, 0.25) is 0 Å². The topological polar surface area (TPSA) is 98.0 Å². The predicted molar refractivity (Wildman–Crippen MR) is 80.0 cm³/mol. The van der Waals surface area contributed by atoms with Crippen molar-refractivity contribution in [1.82, 2.24) is 9.97 Å². The molecule has 108 valence electrons. The fourth-order valence-electron chi connectivity index (χ4n) is 1.82. The van der Waals surface area contributed by atoms with Gasteiger partial charge in [0.15, 0.2) is 17.3 Å². The van der Waals surface area contributed by atoms with Crippen LogP contribution in [0.3, 0.4) is 0 Å². The SMILES string of the molecule is CC(C)C(=O)c1ccccc1NC(=O)c1nccnc1N. The van der Waals surface area contributed by atoms with E-state index in [0.717, 1.165) is 0 Å². The number of rotatable bonds is 4. The molecule has 21 heavy (non-hydrogen) atoms. The lowest BCUT2D eigenvalue weighted by Gasteiger charge is -2.12. The zero-order valence-electron chi connectivity index (χ0n) is 11.8. The number of hydrogen-bond acceptors (Lipinski definition) is 5. The van der Waals surface area contributed by atoms with Crippen LogP contribution in [0.4, 0.5) is 11.5 Å². The highest BCUT2D eigenvalue weighted by Crippen LogP contribution is 2.20. The fraction of sp³-hybridized carbons (Fsp3) is 0.200. The number of carbonyl (C=O) groups is 2. The van der Waals surface area contributed by atoms with Crippen LogP contribution in [-0.4, -0.2) is 21.7 Å². The van der Waals surface area contributed by atoms with Crippen molar-refractivity contribution in [3.05, 3.63) is 47.9 Å². The zero-order chi connectivity index (χ0) is 15.4. The minimum absolute atomic E-state index is 0.0318. The lowest BCUT2D eigenvalue weighted by molar-refractivity contribution is 0.0940. The maximum atomic E-state index is 12.2. The third-order valence-corrected chi connectivity index (χ3v) is 2.91. The molecule has 2 rings (SSSR count). The Morgan fingerprint density at radius 3 is 2.48 bits per heavy atom. The number of carbonyl (C=O) groups excluding carboxylic acids is 2. The zero-order valence-corrected chi connectivity index (χ0v) is 11.8. The summed E-state index contributed by atoms with van der Waals surface area (Å²) in [5, 5.41) is 2.66. The summed E-state index contributed by atoms with van der Waals surface area (Å²) in [6, 6.07) is 6.84. The monoisotopic (exact) mass is 284 g/mol. The second kappa shape index (κ2) is 6.13. The molecule has 2 aromatic rings. The maximum absolute atomic E-state index is 12.2. The van der Waals surface area contributed by atoms with E-state index in [-0.39, 0.29) is 23.2 Å². The molecule has 0 fully saturated rings. The van der Waals surface area contributed by atoms with Crippen molar-refractivity contribution >= 4 is 23.2 Å². The third-order valence-electron chi connectivity index (χ3n) is 2.91. The van der Waals surface area contributed by atoms with E-state index < -0.39 is 5.91 Å². The molecule has 0 aliphatic heterocycles. The van der Waals surface area contributed by atoms with E-state index in [0.29, 0.717) is 11.3 Å². The Morgan fingerprint density at radius 1 is 1.14 bits per heavy atom. The number of nitrogen functional groups attached to an aromatic ring is 1. The van der Waals surface area contributed by atoms with Crippen molar-refractivity contribution in [1.29, 1.82) is 0 Å². The number of nitrogens with two attached hydrogens (primary N) is 1. The van der Waals surface area contributed by atoms with E-state index in [1.807, 2.05) is 13.8 Å². The number of aromatic nitrogens is 2. The van der Waals surface area contributed by atoms with Crippen LogP contribution in [0.25, 0.3) is 0 Å². The van der Waals surface area contributed by atoms with E-state index >= 15 is 0 Å². The first kappa shape index (κ1) is 14.6. The molecule has 0 spiro atoms. The summed E-state index contributed by atoms with van der Waals surface area (Å²) in [6.07, 6.45) is 2.79. The number of Topliss-reactive ketones (excluding diaryl/α,β-unsaturated/α-hetero) is 1. The van der Waals surface area contributed by atoms with Gasteiger partial charge in [-0.25, -0.2) is 9.97 Å². The molecule has 0 radical (unpaired) electrons. The number of hydrogen-bond donors (Lipinski definition) is 2. The largest absolute Gasteiger partial charge is 0.382 e. The molecule has 0 atom stereocenters. The van der Waals surface area contributed by atoms with E-state index in [1.54, 1.807) is 24.3 Å². The molecule has 1 aromatic carbocycles. The molecule has 0 bridgehead atoms. The second-order valence-electron chi connectivity index (χ2n) is 4.81. The molecule has 1 aromatic heterocycles. The van der Waals surface area contributed by atoms with Crippen LogP contribution >= 0.6 is 0 Å². The van der Waals surface area contributed by atoms with Crippen LogP contribution in [0.1, 0.15) is 34.7 Å². The Morgan fingerprint density at radius 2 is 1.81 bits per heavy atom. The average Bonchev–Trinajstić information content (AvgIpc) is 2.47. The second-order valence-corrected chi connectivity index (χ2v) is 4.81. The minimum Gasteiger partial charge on any atom is -0.382 e. The number of anilines is 2. The summed E-state index contributed by atoms with van der Waals surface area (Å²) in [6.45, 7) is 3.61. The van der Waals surface area contributed by atoms with Crippen LogP contribution in [0.2, 0.25) is 0 Å². The van der Waals surface area contributed by atoms with Gasteiger partial charge in [-0.05, 0) is 12.1 Å². The first-order valence-electron chi connectivity index (χ1n) is 6.51. The van der Waals surface area contributed by atoms with Crippen LogP contribution < -0.4 is 11.1 Å². The Labute approximate surface area is 122 Å². The standard InChI is InChI=1S/C15H16N4O2/c1-9(2)13(20)10-5-3-4-6-11(10)19-15(21)12-14(16)18-8-7-17-12/h3-9H,1-2H3,(H2,16,18)(H,19,21). The maximum Gasteiger partial charge on any atom is 0.278 e. The first-order chi connectivity index (χ1) is 10.0. The molecular weight excluding hydrogens is 268 g/mol. The van der Waals surface area contributed by atoms with Crippen molar-refractivity contribution in [3.63, 3.8) is 0 Å². The number of nitrogens with one attached hydrogen (secondary N) is 1.